The van der Waals surface area contributed by atoms with Gasteiger partial charge < -0.3 is 10.2 Å². The second-order valence-electron chi connectivity index (χ2n) is 8.86. The molecule has 5 nitrogen and oxygen atoms in total. The number of benzene rings is 1. The van der Waals surface area contributed by atoms with Crippen molar-refractivity contribution in [2.24, 2.45) is 11.8 Å². The number of piperazine rings is 1. The molecule has 0 spiro atoms. The summed E-state index contributed by atoms with van der Waals surface area (Å²) in [5.41, 5.74) is 2.02. The Labute approximate surface area is 169 Å². The molecule has 1 aromatic rings. The molecule has 2 amide bonds. The Balaban J connectivity index is 1.65. The molecule has 0 radical (unpaired) electrons. The van der Waals surface area contributed by atoms with Crippen LogP contribution in [0.3, 0.4) is 0 Å². The Morgan fingerprint density at radius 1 is 1.11 bits per heavy atom. The molecule has 1 heterocycles. The van der Waals surface area contributed by atoms with E-state index >= 15 is 0 Å². The molecule has 28 heavy (non-hydrogen) atoms. The van der Waals surface area contributed by atoms with E-state index < -0.39 is 0 Å². The van der Waals surface area contributed by atoms with Gasteiger partial charge in [0.25, 0.3) is 0 Å². The van der Waals surface area contributed by atoms with Crippen LogP contribution in [0.25, 0.3) is 0 Å². The summed E-state index contributed by atoms with van der Waals surface area (Å²) in [6, 6.07) is 7.91. The van der Waals surface area contributed by atoms with Crippen LogP contribution < -0.4 is 5.32 Å². The van der Waals surface area contributed by atoms with E-state index in [2.05, 4.69) is 24.1 Å². The first kappa shape index (κ1) is 20.8. The number of nitrogens with zero attached hydrogens (tertiary/aromatic N) is 2. The first-order valence-electron chi connectivity index (χ1n) is 10.8. The fourth-order valence-corrected chi connectivity index (χ4v) is 4.62. The normalized spacial score (nSPS) is 19.8. The molecule has 1 aromatic carbocycles. The summed E-state index contributed by atoms with van der Waals surface area (Å²) < 4.78 is 0. The lowest BCUT2D eigenvalue weighted by molar-refractivity contribution is -0.135. The van der Waals surface area contributed by atoms with Gasteiger partial charge in [0.2, 0.25) is 11.8 Å². The largest absolute Gasteiger partial charge is 0.340 e. The number of hydrogen-bond donors (Lipinski definition) is 1. The van der Waals surface area contributed by atoms with Gasteiger partial charge in [0.1, 0.15) is 0 Å². The highest BCUT2D eigenvalue weighted by Crippen LogP contribution is 2.31. The van der Waals surface area contributed by atoms with E-state index in [-0.39, 0.29) is 17.9 Å². The molecule has 1 saturated carbocycles. The molecule has 1 N–H and O–H groups in total. The monoisotopic (exact) mass is 385 g/mol. The predicted octanol–water partition coefficient (Wildman–Crippen LogP) is 3.68. The van der Waals surface area contributed by atoms with Crippen LogP contribution in [-0.2, 0) is 9.59 Å². The number of rotatable bonds is 6. The highest BCUT2D eigenvalue weighted by molar-refractivity contribution is 5.95. The van der Waals surface area contributed by atoms with E-state index in [1.807, 2.05) is 36.1 Å². The van der Waals surface area contributed by atoms with Crippen molar-refractivity contribution in [2.75, 3.05) is 31.5 Å². The van der Waals surface area contributed by atoms with Gasteiger partial charge in [-0.1, -0.05) is 38.8 Å². The van der Waals surface area contributed by atoms with Gasteiger partial charge in [0, 0.05) is 38.3 Å². The number of carbonyl (C=O) groups excluding carboxylic acids is 2. The van der Waals surface area contributed by atoms with Crippen LogP contribution in [0.5, 0.6) is 0 Å². The van der Waals surface area contributed by atoms with Crippen molar-refractivity contribution >= 4 is 17.5 Å². The van der Waals surface area contributed by atoms with Crippen LogP contribution in [0, 0.1) is 18.8 Å². The highest BCUT2D eigenvalue weighted by Gasteiger charge is 2.37. The minimum absolute atomic E-state index is 0.0923. The van der Waals surface area contributed by atoms with Gasteiger partial charge in [0.15, 0.2) is 0 Å². The van der Waals surface area contributed by atoms with Crippen molar-refractivity contribution in [3.63, 3.8) is 0 Å². The summed E-state index contributed by atoms with van der Waals surface area (Å²) in [7, 11) is 0. The smallest absolute Gasteiger partial charge is 0.242 e. The first-order chi connectivity index (χ1) is 13.4. The van der Waals surface area contributed by atoms with Crippen LogP contribution in [0.1, 0.15) is 51.5 Å². The second-order valence-corrected chi connectivity index (χ2v) is 8.86. The standard InChI is InChI=1S/C23H35N3O2/c1-17(2)15-21(27)25-11-13-26(14-12-25)22(19-8-4-5-9-19)23(28)24-20-10-6-7-18(3)16-20/h6-7,10,16-17,19,22H,4-5,8-9,11-15H2,1-3H3,(H,24,28)/t22-/m1/s1. The minimum Gasteiger partial charge on any atom is -0.340 e. The SMILES string of the molecule is Cc1cccc(NC(=O)[C@@H](C2CCCC2)N2CCN(C(=O)CC(C)C)CC2)c1. The molecule has 1 aliphatic carbocycles. The predicted molar refractivity (Wildman–Crippen MR) is 113 cm³/mol. The van der Waals surface area contributed by atoms with E-state index in [1.54, 1.807) is 0 Å². The zero-order valence-corrected chi connectivity index (χ0v) is 17.6. The molecule has 0 bridgehead atoms. The number of amides is 2. The van der Waals surface area contributed by atoms with Gasteiger partial charge in [0.05, 0.1) is 6.04 Å². The van der Waals surface area contributed by atoms with Crippen LogP contribution in [0.2, 0.25) is 0 Å². The summed E-state index contributed by atoms with van der Waals surface area (Å²) >= 11 is 0. The molecular formula is C23H35N3O2. The van der Waals surface area contributed by atoms with Crippen molar-refractivity contribution in [3.05, 3.63) is 29.8 Å². The van der Waals surface area contributed by atoms with Gasteiger partial charge in [-0.2, -0.15) is 0 Å². The van der Waals surface area contributed by atoms with E-state index in [0.29, 0.717) is 18.3 Å². The van der Waals surface area contributed by atoms with E-state index in [9.17, 15) is 9.59 Å². The Morgan fingerprint density at radius 3 is 2.39 bits per heavy atom. The molecule has 2 fully saturated rings. The topological polar surface area (TPSA) is 52.7 Å². The third kappa shape index (κ3) is 5.34. The molecule has 5 heteroatoms. The first-order valence-corrected chi connectivity index (χ1v) is 10.8. The lowest BCUT2D eigenvalue weighted by Crippen LogP contribution is -2.57. The Bertz CT molecular complexity index is 674. The maximum Gasteiger partial charge on any atom is 0.242 e. The van der Waals surface area contributed by atoms with E-state index in [0.717, 1.165) is 50.3 Å². The fraction of sp³-hybridized carbons (Fsp3) is 0.652. The number of hydrogen-bond acceptors (Lipinski definition) is 3. The molecule has 0 unspecified atom stereocenters. The zero-order chi connectivity index (χ0) is 20.1. The lowest BCUT2D eigenvalue weighted by Gasteiger charge is -2.41. The Kier molecular flexibility index (Phi) is 7.11. The number of aryl methyl sites for hydroxylation is 1. The summed E-state index contributed by atoms with van der Waals surface area (Å²) in [5.74, 6) is 1.16. The molecule has 1 saturated heterocycles. The molecular weight excluding hydrogens is 350 g/mol. The van der Waals surface area contributed by atoms with Gasteiger partial charge in [-0.15, -0.1) is 0 Å². The summed E-state index contributed by atoms with van der Waals surface area (Å²) in [5, 5.41) is 3.16. The van der Waals surface area contributed by atoms with Gasteiger partial charge in [-0.3, -0.25) is 14.5 Å². The number of carbonyl (C=O) groups is 2. The Morgan fingerprint density at radius 2 is 1.79 bits per heavy atom. The van der Waals surface area contributed by atoms with Crippen LogP contribution >= 0.6 is 0 Å². The summed E-state index contributed by atoms with van der Waals surface area (Å²) in [6.45, 7) is 9.23. The molecule has 1 aliphatic heterocycles. The summed E-state index contributed by atoms with van der Waals surface area (Å²) in [4.78, 5) is 29.9. The maximum absolute atomic E-state index is 13.2. The quantitative estimate of drug-likeness (QED) is 0.813. The van der Waals surface area contributed by atoms with Crippen molar-refractivity contribution in [1.29, 1.82) is 0 Å². The second kappa shape index (κ2) is 9.55. The number of anilines is 1. The average Bonchev–Trinajstić information content (AvgIpc) is 3.16. The zero-order valence-electron chi connectivity index (χ0n) is 17.6. The van der Waals surface area contributed by atoms with E-state index in [4.69, 9.17) is 0 Å². The van der Waals surface area contributed by atoms with Gasteiger partial charge >= 0.3 is 0 Å². The highest BCUT2D eigenvalue weighted by atomic mass is 16.2. The summed E-state index contributed by atoms with van der Waals surface area (Å²) in [6.07, 6.45) is 5.29. The third-order valence-corrected chi connectivity index (χ3v) is 6.04. The molecule has 1 atom stereocenters. The van der Waals surface area contributed by atoms with Gasteiger partial charge in [-0.05, 0) is 49.3 Å². The van der Waals surface area contributed by atoms with E-state index in [1.165, 1.54) is 12.8 Å². The number of nitrogens with one attached hydrogen (secondary N) is 1. The van der Waals surface area contributed by atoms with Crippen molar-refractivity contribution < 1.29 is 9.59 Å². The molecule has 0 aromatic heterocycles. The average molecular weight is 386 g/mol. The van der Waals surface area contributed by atoms with Crippen LogP contribution in [-0.4, -0.2) is 53.8 Å². The lowest BCUT2D eigenvalue weighted by atomic mass is 9.94. The van der Waals surface area contributed by atoms with Crippen molar-refractivity contribution in [1.82, 2.24) is 9.80 Å². The fourth-order valence-electron chi connectivity index (χ4n) is 4.62. The van der Waals surface area contributed by atoms with Crippen LogP contribution in [0.4, 0.5) is 5.69 Å². The molecule has 2 aliphatic rings. The Hall–Kier alpha value is -1.88. The maximum atomic E-state index is 13.2. The van der Waals surface area contributed by atoms with Crippen molar-refractivity contribution in [3.8, 4) is 0 Å². The molecule has 3 rings (SSSR count). The van der Waals surface area contributed by atoms with Gasteiger partial charge in [-0.25, -0.2) is 0 Å². The molecule has 154 valence electrons. The van der Waals surface area contributed by atoms with Crippen molar-refractivity contribution in [2.45, 2.75) is 58.9 Å². The minimum atomic E-state index is -0.0923. The van der Waals surface area contributed by atoms with Crippen LogP contribution in [0.15, 0.2) is 24.3 Å². The third-order valence-electron chi connectivity index (χ3n) is 6.04.